The van der Waals surface area contributed by atoms with Crippen LogP contribution in [0.5, 0.6) is 0 Å². The summed E-state index contributed by atoms with van der Waals surface area (Å²) in [6.07, 6.45) is 5.01. The molecule has 182 valence electrons. The van der Waals surface area contributed by atoms with Gasteiger partial charge < -0.3 is 25.3 Å². The van der Waals surface area contributed by atoms with Gasteiger partial charge in [0.2, 0.25) is 15.9 Å². The maximum absolute atomic E-state index is 13.5. The lowest BCUT2D eigenvalue weighted by Gasteiger charge is -2.34. The van der Waals surface area contributed by atoms with E-state index in [9.17, 15) is 18.0 Å². The highest BCUT2D eigenvalue weighted by Gasteiger charge is 2.33. The fourth-order valence-electron chi connectivity index (χ4n) is 4.57. The normalized spacial score (nSPS) is 17.6. The molecule has 1 aliphatic rings. The number of carboxylic acid groups (broad SMARTS) is 1. The van der Waals surface area contributed by atoms with Crippen LogP contribution >= 0.6 is 0 Å². The number of rotatable bonds is 9. The summed E-state index contributed by atoms with van der Waals surface area (Å²) in [7, 11) is -4.03. The van der Waals surface area contributed by atoms with Gasteiger partial charge in [-0.3, -0.25) is 9.59 Å². The number of hydrogen-bond acceptors (Lipinski definition) is 5. The number of fused-ring (bicyclic) bond motifs is 1. The van der Waals surface area contributed by atoms with Gasteiger partial charge in [0.25, 0.3) is 0 Å². The van der Waals surface area contributed by atoms with E-state index < -0.39 is 22.0 Å². The van der Waals surface area contributed by atoms with Crippen molar-refractivity contribution in [1.82, 2.24) is 19.2 Å². The number of nitrogen functional groups attached to an aromatic ring is 1. The minimum atomic E-state index is -4.03. The summed E-state index contributed by atoms with van der Waals surface area (Å²) in [6.45, 7) is 1.10. The van der Waals surface area contributed by atoms with Gasteiger partial charge in [-0.15, -0.1) is 0 Å². The van der Waals surface area contributed by atoms with Crippen LogP contribution in [0.4, 0.5) is 5.82 Å². The number of benzene rings is 1. The molecule has 3 aromatic rings. The monoisotopic (exact) mass is 487 g/mol. The summed E-state index contributed by atoms with van der Waals surface area (Å²) in [6, 6.07) is 9.10. The molecule has 11 heteroatoms. The van der Waals surface area contributed by atoms with Crippen molar-refractivity contribution < 1.29 is 23.1 Å². The Morgan fingerprint density at radius 3 is 2.79 bits per heavy atom. The van der Waals surface area contributed by atoms with Crippen LogP contribution in [0, 0.1) is 5.92 Å². The van der Waals surface area contributed by atoms with E-state index in [4.69, 9.17) is 10.8 Å². The first kappa shape index (κ1) is 23.8. The Balaban J connectivity index is 1.58. The highest BCUT2D eigenvalue weighted by molar-refractivity contribution is 7.89. The van der Waals surface area contributed by atoms with Gasteiger partial charge in [0.1, 0.15) is 11.9 Å². The van der Waals surface area contributed by atoms with E-state index in [1.54, 1.807) is 52.2 Å². The average molecular weight is 488 g/mol. The number of nitrogens with zero attached hydrogens (tertiary/aromatic N) is 2. The number of aromatic amines is 1. The van der Waals surface area contributed by atoms with Crippen molar-refractivity contribution >= 4 is 38.6 Å². The molecule has 1 aromatic carbocycles. The zero-order valence-corrected chi connectivity index (χ0v) is 19.5. The first-order chi connectivity index (χ1) is 16.2. The van der Waals surface area contributed by atoms with Crippen LogP contribution in [0.1, 0.15) is 25.7 Å². The zero-order valence-electron chi connectivity index (χ0n) is 18.7. The molecule has 0 bridgehead atoms. The first-order valence-corrected chi connectivity index (χ1v) is 12.7. The van der Waals surface area contributed by atoms with E-state index in [2.05, 4.69) is 9.71 Å². The Morgan fingerprint density at radius 1 is 1.24 bits per heavy atom. The molecule has 34 heavy (non-hydrogen) atoms. The molecule has 4 rings (SSSR count). The van der Waals surface area contributed by atoms with E-state index in [1.165, 1.54) is 6.07 Å². The van der Waals surface area contributed by atoms with Crippen LogP contribution in [-0.2, 0) is 26.2 Å². The van der Waals surface area contributed by atoms with Crippen molar-refractivity contribution in [3.05, 3.63) is 48.8 Å². The van der Waals surface area contributed by atoms with E-state index in [0.717, 1.165) is 6.42 Å². The van der Waals surface area contributed by atoms with Gasteiger partial charge in [0.15, 0.2) is 0 Å². The average Bonchev–Trinajstić information content (AvgIpc) is 3.44. The van der Waals surface area contributed by atoms with Gasteiger partial charge in [-0.25, -0.2) is 8.42 Å². The lowest BCUT2D eigenvalue weighted by atomic mass is 9.94. The maximum atomic E-state index is 13.5. The number of carboxylic acids is 1. The highest BCUT2D eigenvalue weighted by atomic mass is 32.2. The standard InChI is InChI=1S/C23H29N5O5S/c24-21-7-3-11-27(21)13-9-19(23(31)28-12-2-4-16(15-28)14-22(29)30)26-34(32,33)20-6-1-5-18-17(20)8-10-25-18/h1,3,5-8,10-11,16,19,25-26H,2,4,9,12-15,24H2,(H,29,30). The Hall–Kier alpha value is -3.31. The molecule has 2 atom stereocenters. The third kappa shape index (κ3) is 5.26. The Bertz CT molecular complexity index is 1280. The number of piperidine rings is 1. The van der Waals surface area contributed by atoms with Crippen LogP contribution < -0.4 is 10.5 Å². The van der Waals surface area contributed by atoms with Gasteiger partial charge in [0, 0.05) is 49.4 Å². The fraction of sp³-hybridized carbons (Fsp3) is 0.391. The molecule has 1 aliphatic heterocycles. The predicted molar refractivity (Wildman–Crippen MR) is 127 cm³/mol. The number of likely N-dealkylation sites (tertiary alicyclic amines) is 1. The molecule has 0 radical (unpaired) electrons. The molecule has 2 aromatic heterocycles. The smallest absolute Gasteiger partial charge is 0.303 e. The van der Waals surface area contributed by atoms with Crippen molar-refractivity contribution in [3.63, 3.8) is 0 Å². The summed E-state index contributed by atoms with van der Waals surface area (Å²) in [5.41, 5.74) is 6.63. The zero-order chi connectivity index (χ0) is 24.3. The van der Waals surface area contributed by atoms with Crippen molar-refractivity contribution in [2.75, 3.05) is 18.8 Å². The number of sulfonamides is 1. The third-order valence-corrected chi connectivity index (χ3v) is 7.79. The van der Waals surface area contributed by atoms with Crippen LogP contribution in [-0.4, -0.2) is 59.0 Å². The Morgan fingerprint density at radius 2 is 2.06 bits per heavy atom. The summed E-state index contributed by atoms with van der Waals surface area (Å²) in [5.74, 6) is -0.892. The molecule has 2 unspecified atom stereocenters. The van der Waals surface area contributed by atoms with Gasteiger partial charge in [-0.2, -0.15) is 4.72 Å². The molecule has 1 amide bonds. The molecule has 1 fully saturated rings. The van der Waals surface area contributed by atoms with E-state index in [-0.39, 0.29) is 29.6 Å². The van der Waals surface area contributed by atoms with Gasteiger partial charge in [0.05, 0.1) is 4.90 Å². The van der Waals surface area contributed by atoms with E-state index in [1.807, 2.05) is 0 Å². The molecule has 1 saturated heterocycles. The number of carbonyl (C=O) groups excluding carboxylic acids is 1. The van der Waals surface area contributed by atoms with E-state index in [0.29, 0.717) is 42.8 Å². The summed E-state index contributed by atoms with van der Waals surface area (Å²) >= 11 is 0. The third-order valence-electron chi connectivity index (χ3n) is 6.26. The number of nitrogens with two attached hydrogens (primary N) is 1. The Labute approximate surface area is 197 Å². The van der Waals surface area contributed by atoms with Crippen molar-refractivity contribution in [2.45, 2.75) is 43.2 Å². The number of aryl methyl sites for hydroxylation is 1. The lowest BCUT2D eigenvalue weighted by Crippen LogP contribution is -2.51. The lowest BCUT2D eigenvalue weighted by molar-refractivity contribution is -0.141. The molecule has 5 N–H and O–H groups in total. The topological polar surface area (TPSA) is 151 Å². The molecule has 0 aliphatic carbocycles. The molecule has 0 saturated carbocycles. The number of hydrogen-bond donors (Lipinski definition) is 4. The molecular weight excluding hydrogens is 458 g/mol. The predicted octanol–water partition coefficient (Wildman–Crippen LogP) is 2.00. The van der Waals surface area contributed by atoms with Crippen LogP contribution in [0.2, 0.25) is 0 Å². The van der Waals surface area contributed by atoms with Gasteiger partial charge >= 0.3 is 5.97 Å². The number of amides is 1. The van der Waals surface area contributed by atoms with E-state index >= 15 is 0 Å². The quantitative estimate of drug-likeness (QED) is 0.362. The number of carbonyl (C=O) groups is 2. The minimum Gasteiger partial charge on any atom is -0.481 e. The number of nitrogens with one attached hydrogen (secondary N) is 2. The second kappa shape index (κ2) is 9.90. The van der Waals surface area contributed by atoms with Gasteiger partial charge in [-0.1, -0.05) is 6.07 Å². The largest absolute Gasteiger partial charge is 0.481 e. The first-order valence-electron chi connectivity index (χ1n) is 11.2. The number of aliphatic carboxylic acids is 1. The SMILES string of the molecule is Nc1cccn1CCC(NS(=O)(=O)c1cccc2[nH]ccc12)C(=O)N1CCCC(CC(=O)O)C1. The Kier molecular flexibility index (Phi) is 6.94. The second-order valence-corrected chi connectivity index (χ2v) is 10.4. The molecular formula is C23H29N5O5S. The molecule has 10 nitrogen and oxygen atoms in total. The molecule has 3 heterocycles. The fourth-order valence-corrected chi connectivity index (χ4v) is 6.02. The van der Waals surface area contributed by atoms with Crippen LogP contribution in [0.3, 0.4) is 0 Å². The summed E-state index contributed by atoms with van der Waals surface area (Å²) < 4.78 is 31.1. The highest BCUT2D eigenvalue weighted by Crippen LogP contribution is 2.24. The molecule has 0 spiro atoms. The van der Waals surface area contributed by atoms with Crippen molar-refractivity contribution in [2.24, 2.45) is 5.92 Å². The van der Waals surface area contributed by atoms with Crippen molar-refractivity contribution in [1.29, 1.82) is 0 Å². The second-order valence-electron chi connectivity index (χ2n) is 8.67. The van der Waals surface area contributed by atoms with Gasteiger partial charge in [-0.05, 0) is 55.5 Å². The number of anilines is 1. The summed E-state index contributed by atoms with van der Waals surface area (Å²) in [5, 5.41) is 9.69. The maximum Gasteiger partial charge on any atom is 0.303 e. The number of aromatic nitrogens is 2. The minimum absolute atomic E-state index is 0.0183. The number of H-pyrrole nitrogens is 1. The summed E-state index contributed by atoms with van der Waals surface area (Å²) in [4.78, 5) is 29.3. The van der Waals surface area contributed by atoms with Crippen LogP contribution in [0.15, 0.2) is 53.7 Å². The van der Waals surface area contributed by atoms with Crippen molar-refractivity contribution in [3.8, 4) is 0 Å². The van der Waals surface area contributed by atoms with Crippen LogP contribution in [0.25, 0.3) is 10.9 Å².